The van der Waals surface area contributed by atoms with Crippen molar-refractivity contribution in [2.75, 3.05) is 6.54 Å². The molecule has 0 saturated heterocycles. The van der Waals surface area contributed by atoms with E-state index in [4.69, 9.17) is 11.6 Å². The molecule has 1 aromatic rings. The first kappa shape index (κ1) is 19.3. The Bertz CT molecular complexity index is 571. The van der Waals surface area contributed by atoms with Gasteiger partial charge in [0.2, 0.25) is 5.91 Å². The third kappa shape index (κ3) is 4.59. The largest absolute Gasteiger partial charge is 0.508 e. The molecule has 0 saturated carbocycles. The summed E-state index contributed by atoms with van der Waals surface area (Å²) in [5.41, 5.74) is 0.648. The van der Waals surface area contributed by atoms with E-state index in [1.165, 1.54) is 18.2 Å². The minimum Gasteiger partial charge on any atom is -0.508 e. The standard InChI is InChI=1S/C13H10ClF2INO2.Y/c14-9-5-7(19)1-2-8(9)11-4-3-10(17)13(20)18(11)6-12(15)16;/h1-2,5,10,12,19H,3,6H2;/q-1;. The van der Waals surface area contributed by atoms with Crippen LogP contribution >= 0.6 is 34.2 Å². The van der Waals surface area contributed by atoms with Gasteiger partial charge in [-0.25, -0.2) is 14.9 Å². The number of alkyl halides is 3. The van der Waals surface area contributed by atoms with E-state index >= 15 is 0 Å². The molecule has 0 aromatic heterocycles. The van der Waals surface area contributed by atoms with Crippen molar-refractivity contribution in [1.29, 1.82) is 0 Å². The summed E-state index contributed by atoms with van der Waals surface area (Å²) in [5, 5.41) is 9.51. The van der Waals surface area contributed by atoms with Crippen LogP contribution in [-0.2, 0) is 37.5 Å². The van der Waals surface area contributed by atoms with Crippen molar-refractivity contribution in [2.24, 2.45) is 0 Å². The number of rotatable bonds is 3. The average Bonchev–Trinajstić information content (AvgIpc) is 2.36. The van der Waals surface area contributed by atoms with Gasteiger partial charge in [0.1, 0.15) is 5.75 Å². The number of hydrogen-bond acceptors (Lipinski definition) is 2. The molecule has 2 rings (SSSR count). The Morgan fingerprint density at radius 3 is 2.76 bits per heavy atom. The Labute approximate surface area is 164 Å². The number of nitrogens with zero attached hydrogens (tertiary/aromatic N) is 1. The number of benzene rings is 1. The van der Waals surface area contributed by atoms with Gasteiger partial charge in [-0.3, -0.25) is 4.79 Å². The van der Waals surface area contributed by atoms with Crippen LogP contribution in [0.2, 0.25) is 5.02 Å². The van der Waals surface area contributed by atoms with Gasteiger partial charge in [-0.1, -0.05) is 29.0 Å². The van der Waals surface area contributed by atoms with Gasteiger partial charge in [0, 0.05) is 32.7 Å². The quantitative estimate of drug-likeness (QED) is 0.392. The summed E-state index contributed by atoms with van der Waals surface area (Å²) in [6.45, 7) is -0.697. The molecule has 1 heterocycles. The number of carbonyl (C=O) groups is 1. The van der Waals surface area contributed by atoms with Crippen molar-refractivity contribution < 1.29 is 51.4 Å². The van der Waals surface area contributed by atoms with Gasteiger partial charge >= 0.3 is 0 Å². The maximum absolute atomic E-state index is 12.7. The van der Waals surface area contributed by atoms with Crippen LogP contribution in [-0.4, -0.2) is 32.8 Å². The molecule has 0 bridgehead atoms. The van der Waals surface area contributed by atoms with E-state index in [1.54, 1.807) is 0 Å². The first-order valence-corrected chi connectivity index (χ1v) is 7.36. The van der Waals surface area contributed by atoms with Crippen molar-refractivity contribution >= 4 is 45.8 Å². The van der Waals surface area contributed by atoms with E-state index in [9.17, 15) is 18.7 Å². The van der Waals surface area contributed by atoms with Crippen molar-refractivity contribution in [2.45, 2.75) is 16.8 Å². The monoisotopic (exact) mass is 501 g/mol. The van der Waals surface area contributed by atoms with Gasteiger partial charge in [-0.15, -0.1) is 28.9 Å². The van der Waals surface area contributed by atoms with E-state index in [2.05, 4.69) is 6.08 Å². The summed E-state index contributed by atoms with van der Waals surface area (Å²) >= 11 is 7.90. The summed E-state index contributed by atoms with van der Waals surface area (Å²) in [4.78, 5) is 13.1. The minimum atomic E-state index is -2.65. The Morgan fingerprint density at radius 1 is 1.52 bits per heavy atom. The maximum atomic E-state index is 12.7. The number of amides is 1. The van der Waals surface area contributed by atoms with Crippen LogP contribution in [0.3, 0.4) is 0 Å². The number of phenols is 1. The molecule has 1 N–H and O–H groups in total. The van der Waals surface area contributed by atoms with E-state index < -0.39 is 16.9 Å². The molecular formula is C13H10ClF2INO2Y-. The topological polar surface area (TPSA) is 40.5 Å². The van der Waals surface area contributed by atoms with E-state index in [0.717, 1.165) is 4.90 Å². The van der Waals surface area contributed by atoms with Crippen LogP contribution < -0.4 is 0 Å². The van der Waals surface area contributed by atoms with E-state index in [-0.39, 0.29) is 55.1 Å². The van der Waals surface area contributed by atoms with Crippen LogP contribution in [0, 0.1) is 6.08 Å². The fraction of sp³-hybridized carbons (Fsp3) is 0.308. The van der Waals surface area contributed by atoms with Gasteiger partial charge in [0.15, 0.2) is 0 Å². The van der Waals surface area contributed by atoms with Gasteiger partial charge in [-0.05, 0) is 17.2 Å². The number of halogens is 4. The normalized spacial score (nSPS) is 18.5. The third-order valence-corrected chi connectivity index (χ3v) is 4.07. The number of hydrogen-bond donors (Lipinski definition) is 1. The first-order valence-electron chi connectivity index (χ1n) is 5.73. The molecule has 8 heteroatoms. The smallest absolute Gasteiger partial charge is 0.256 e. The molecule has 1 atom stereocenters. The fourth-order valence-electron chi connectivity index (χ4n) is 1.90. The zero-order valence-electron chi connectivity index (χ0n) is 10.7. The van der Waals surface area contributed by atoms with Crippen LogP contribution in [0.25, 0.3) is 5.70 Å². The summed E-state index contributed by atoms with van der Waals surface area (Å²) in [5.74, 6) is -0.419. The van der Waals surface area contributed by atoms with E-state index in [1.807, 2.05) is 22.6 Å². The SMILES string of the molecule is O=C1C(I)C[C-]=C(c2ccc(O)cc2Cl)N1CC(F)F.[Y]. The Hall–Kier alpha value is 0.214. The number of phenolic OH excluding ortho intramolecular Hbond substituents is 1. The second-order valence-electron chi connectivity index (χ2n) is 4.20. The molecule has 0 fully saturated rings. The molecule has 0 aliphatic carbocycles. The molecule has 1 aliphatic heterocycles. The van der Waals surface area contributed by atoms with Gasteiger partial charge in [0.05, 0.1) is 10.5 Å². The summed E-state index contributed by atoms with van der Waals surface area (Å²) in [6, 6.07) is 4.17. The van der Waals surface area contributed by atoms with Crippen LogP contribution in [0.15, 0.2) is 18.2 Å². The average molecular weight is 501 g/mol. The van der Waals surface area contributed by atoms with Crippen LogP contribution in [0.5, 0.6) is 5.75 Å². The molecule has 111 valence electrons. The van der Waals surface area contributed by atoms with Gasteiger partial charge in [-0.2, -0.15) is 0 Å². The minimum absolute atomic E-state index is 0. The predicted octanol–water partition coefficient (Wildman–Crippen LogP) is 3.49. The molecule has 1 amide bonds. The van der Waals surface area contributed by atoms with Crippen molar-refractivity contribution in [1.82, 2.24) is 4.90 Å². The summed E-state index contributed by atoms with van der Waals surface area (Å²) in [7, 11) is 0. The maximum Gasteiger partial charge on any atom is 0.256 e. The fourth-order valence-corrected chi connectivity index (χ4v) is 2.72. The number of carbonyl (C=O) groups excluding carboxylic acids is 1. The first-order chi connectivity index (χ1) is 9.40. The van der Waals surface area contributed by atoms with Crippen molar-refractivity contribution in [3.8, 4) is 5.75 Å². The van der Waals surface area contributed by atoms with Crippen molar-refractivity contribution in [3.05, 3.63) is 34.9 Å². The molecule has 21 heavy (non-hydrogen) atoms. The van der Waals surface area contributed by atoms with Gasteiger partial charge < -0.3 is 10.0 Å². The Morgan fingerprint density at radius 2 is 2.19 bits per heavy atom. The molecule has 3 nitrogen and oxygen atoms in total. The predicted molar refractivity (Wildman–Crippen MR) is 79.9 cm³/mol. The third-order valence-electron chi connectivity index (χ3n) is 2.78. The number of aromatic hydroxyl groups is 1. The van der Waals surface area contributed by atoms with Crippen LogP contribution in [0.4, 0.5) is 8.78 Å². The zero-order valence-corrected chi connectivity index (χ0v) is 16.4. The Kier molecular flexibility index (Phi) is 7.50. The molecule has 0 spiro atoms. The molecule has 1 radical (unpaired) electrons. The second-order valence-corrected chi connectivity index (χ2v) is 6.11. The molecule has 1 aromatic carbocycles. The molecule has 1 unspecified atom stereocenters. The van der Waals surface area contributed by atoms with Crippen molar-refractivity contribution in [3.63, 3.8) is 0 Å². The molecule has 1 aliphatic rings. The Balaban J connectivity index is 0.00000220. The zero-order chi connectivity index (χ0) is 14.9. The van der Waals surface area contributed by atoms with E-state index in [0.29, 0.717) is 12.0 Å². The van der Waals surface area contributed by atoms with Gasteiger partial charge in [0.25, 0.3) is 6.43 Å². The molecular weight excluding hydrogens is 491 g/mol. The summed E-state index contributed by atoms with van der Waals surface area (Å²) < 4.78 is 24.9. The summed E-state index contributed by atoms with van der Waals surface area (Å²) in [6.07, 6.45) is 0.640. The second kappa shape index (κ2) is 8.17. The number of allylic oxidation sites excluding steroid dienone is 1. The van der Waals surface area contributed by atoms with Crippen LogP contribution in [0.1, 0.15) is 12.0 Å².